The van der Waals surface area contributed by atoms with E-state index < -0.39 is 30.1 Å². The van der Waals surface area contributed by atoms with E-state index in [0.717, 1.165) is 0 Å². The van der Waals surface area contributed by atoms with Crippen molar-refractivity contribution in [1.29, 1.82) is 5.26 Å². The van der Waals surface area contributed by atoms with Crippen molar-refractivity contribution in [3.8, 4) is 17.4 Å². The molecule has 2 heterocycles. The number of ketones is 1. The monoisotopic (exact) mass is 384 g/mol. The standard InChI is InChI=1S/C19H13FN2O4S/c1-11-10-27-18(22-11)13(8-21)15(23)9-25-19(24)17-7-6-16(26-17)12-4-2-3-5-14(12)20/h2-7,10,13H,9H2,1H3/t13-/m1/s1. The third kappa shape index (κ3) is 4.10. The molecule has 6 nitrogen and oxygen atoms in total. The predicted molar refractivity (Wildman–Crippen MR) is 94.6 cm³/mol. The van der Waals surface area contributed by atoms with Crippen LogP contribution in [-0.2, 0) is 9.53 Å². The number of Topliss-reactive ketones (excluding diaryl/α,β-unsaturated/α-hetero) is 1. The van der Waals surface area contributed by atoms with Gasteiger partial charge in [0, 0.05) is 11.1 Å². The Morgan fingerprint density at radius 1 is 1.33 bits per heavy atom. The Morgan fingerprint density at radius 2 is 2.11 bits per heavy atom. The molecule has 0 spiro atoms. The van der Waals surface area contributed by atoms with Crippen molar-refractivity contribution < 1.29 is 23.1 Å². The molecule has 0 unspecified atom stereocenters. The van der Waals surface area contributed by atoms with Crippen molar-refractivity contribution in [3.05, 3.63) is 64.1 Å². The van der Waals surface area contributed by atoms with Crippen molar-refractivity contribution in [1.82, 2.24) is 4.98 Å². The Bertz CT molecular complexity index is 1030. The first-order chi connectivity index (χ1) is 13.0. The first-order valence-corrected chi connectivity index (χ1v) is 8.73. The van der Waals surface area contributed by atoms with Crippen LogP contribution >= 0.6 is 11.3 Å². The smallest absolute Gasteiger partial charge is 0.374 e. The van der Waals surface area contributed by atoms with Gasteiger partial charge in [0.2, 0.25) is 5.76 Å². The van der Waals surface area contributed by atoms with Gasteiger partial charge in [0.05, 0.1) is 11.6 Å². The zero-order valence-electron chi connectivity index (χ0n) is 14.1. The van der Waals surface area contributed by atoms with Crippen LogP contribution in [0.2, 0.25) is 0 Å². The highest BCUT2D eigenvalue weighted by atomic mass is 32.1. The number of hydrogen-bond acceptors (Lipinski definition) is 7. The highest BCUT2D eigenvalue weighted by Crippen LogP contribution is 2.25. The summed E-state index contributed by atoms with van der Waals surface area (Å²) in [5, 5.41) is 11.3. The van der Waals surface area contributed by atoms with E-state index in [9.17, 15) is 19.2 Å². The second-order valence-electron chi connectivity index (χ2n) is 5.58. The molecule has 0 aliphatic heterocycles. The molecule has 0 saturated heterocycles. The number of furan rings is 1. The van der Waals surface area contributed by atoms with Crippen LogP contribution in [0.3, 0.4) is 0 Å². The molecular weight excluding hydrogens is 371 g/mol. The second-order valence-corrected chi connectivity index (χ2v) is 6.47. The number of rotatable bonds is 6. The maximum atomic E-state index is 13.8. The molecule has 0 N–H and O–H groups in total. The summed E-state index contributed by atoms with van der Waals surface area (Å²) in [5.74, 6) is -3.04. The topological polar surface area (TPSA) is 93.2 Å². The quantitative estimate of drug-likeness (QED) is 0.599. The van der Waals surface area contributed by atoms with Gasteiger partial charge in [-0.3, -0.25) is 4.79 Å². The third-order valence-corrected chi connectivity index (χ3v) is 4.65. The first kappa shape index (κ1) is 18.5. The number of aryl methyl sites for hydroxylation is 1. The van der Waals surface area contributed by atoms with E-state index in [-0.39, 0.29) is 17.1 Å². The number of hydrogen-bond donors (Lipinski definition) is 0. The molecular formula is C19H13FN2O4S. The fraction of sp³-hybridized carbons (Fsp3) is 0.158. The van der Waals surface area contributed by atoms with Gasteiger partial charge in [-0.05, 0) is 31.2 Å². The number of nitriles is 1. The summed E-state index contributed by atoms with van der Waals surface area (Å²) in [7, 11) is 0. The lowest BCUT2D eigenvalue weighted by molar-refractivity contribution is -0.122. The maximum Gasteiger partial charge on any atom is 0.374 e. The number of halogens is 1. The summed E-state index contributed by atoms with van der Waals surface area (Å²) in [5.41, 5.74) is 0.910. The van der Waals surface area contributed by atoms with Crippen LogP contribution in [0.5, 0.6) is 0 Å². The molecule has 0 saturated carbocycles. The summed E-state index contributed by atoms with van der Waals surface area (Å²) in [6, 6.07) is 10.6. The summed E-state index contributed by atoms with van der Waals surface area (Å²) in [6.07, 6.45) is 0. The largest absolute Gasteiger partial charge is 0.452 e. The molecule has 8 heteroatoms. The van der Waals surface area contributed by atoms with Crippen molar-refractivity contribution in [2.24, 2.45) is 0 Å². The second kappa shape index (κ2) is 7.93. The van der Waals surface area contributed by atoms with Crippen LogP contribution in [0.25, 0.3) is 11.3 Å². The molecule has 3 aromatic rings. The first-order valence-electron chi connectivity index (χ1n) is 7.86. The lowest BCUT2D eigenvalue weighted by atomic mass is 10.1. The van der Waals surface area contributed by atoms with Crippen molar-refractivity contribution in [3.63, 3.8) is 0 Å². The molecule has 0 fully saturated rings. The summed E-state index contributed by atoms with van der Waals surface area (Å²) >= 11 is 1.19. The van der Waals surface area contributed by atoms with Gasteiger partial charge in [-0.2, -0.15) is 5.26 Å². The molecule has 3 rings (SSSR count). The number of esters is 1. The predicted octanol–water partition coefficient (Wildman–Crippen LogP) is 3.88. The van der Waals surface area contributed by atoms with Crippen molar-refractivity contribution >= 4 is 23.1 Å². The van der Waals surface area contributed by atoms with Crippen LogP contribution in [0, 0.1) is 24.1 Å². The van der Waals surface area contributed by atoms with Gasteiger partial charge in [0.15, 0.2) is 18.3 Å². The SMILES string of the molecule is Cc1csc([C@H](C#N)C(=O)COC(=O)c2ccc(-c3ccccc3F)o2)n1. The van der Waals surface area contributed by atoms with E-state index >= 15 is 0 Å². The highest BCUT2D eigenvalue weighted by molar-refractivity contribution is 7.09. The lowest BCUT2D eigenvalue weighted by Crippen LogP contribution is -2.19. The minimum atomic E-state index is -1.10. The maximum absolute atomic E-state index is 13.8. The van der Waals surface area contributed by atoms with Crippen LogP contribution in [0.1, 0.15) is 27.2 Å². The van der Waals surface area contributed by atoms with Gasteiger partial charge in [-0.1, -0.05) is 12.1 Å². The molecule has 0 amide bonds. The summed E-state index contributed by atoms with van der Waals surface area (Å²) in [4.78, 5) is 28.4. The van der Waals surface area contributed by atoms with E-state index in [1.165, 1.54) is 41.7 Å². The average Bonchev–Trinajstić information content (AvgIpc) is 3.30. The number of carbonyl (C=O) groups is 2. The van der Waals surface area contributed by atoms with Crippen molar-refractivity contribution in [2.75, 3.05) is 6.61 Å². The third-order valence-electron chi connectivity index (χ3n) is 3.63. The molecule has 0 aliphatic rings. The van der Waals surface area contributed by atoms with E-state index in [1.807, 2.05) is 6.07 Å². The van der Waals surface area contributed by atoms with Crippen LogP contribution < -0.4 is 0 Å². The molecule has 0 radical (unpaired) electrons. The molecule has 1 atom stereocenters. The summed E-state index contributed by atoms with van der Waals surface area (Å²) < 4.78 is 24.0. The Morgan fingerprint density at radius 3 is 2.78 bits per heavy atom. The van der Waals surface area contributed by atoms with E-state index in [2.05, 4.69) is 4.98 Å². The normalized spacial score (nSPS) is 11.6. The Labute approximate surface area is 157 Å². The zero-order valence-corrected chi connectivity index (χ0v) is 15.0. The van der Waals surface area contributed by atoms with E-state index in [1.54, 1.807) is 18.4 Å². The number of carbonyl (C=O) groups excluding carboxylic acids is 2. The van der Waals surface area contributed by atoms with Gasteiger partial charge in [-0.25, -0.2) is 14.2 Å². The Balaban J connectivity index is 1.65. The number of nitrogens with zero attached hydrogens (tertiary/aromatic N) is 2. The zero-order chi connectivity index (χ0) is 19.4. The average molecular weight is 384 g/mol. The van der Waals surface area contributed by atoms with Gasteiger partial charge in [-0.15, -0.1) is 11.3 Å². The Kier molecular flexibility index (Phi) is 5.43. The molecule has 0 bridgehead atoms. The van der Waals surface area contributed by atoms with Gasteiger partial charge >= 0.3 is 5.97 Å². The van der Waals surface area contributed by atoms with Crippen molar-refractivity contribution in [2.45, 2.75) is 12.8 Å². The Hall–Kier alpha value is -3.31. The molecule has 136 valence electrons. The van der Waals surface area contributed by atoms with E-state index in [4.69, 9.17) is 9.15 Å². The fourth-order valence-corrected chi connectivity index (χ4v) is 3.18. The number of benzene rings is 1. The van der Waals surface area contributed by atoms with Crippen LogP contribution in [-0.4, -0.2) is 23.3 Å². The van der Waals surface area contributed by atoms with Gasteiger partial charge < -0.3 is 9.15 Å². The molecule has 0 aliphatic carbocycles. The molecule has 2 aromatic heterocycles. The highest BCUT2D eigenvalue weighted by Gasteiger charge is 2.25. The number of aromatic nitrogens is 1. The molecule has 27 heavy (non-hydrogen) atoms. The summed E-state index contributed by atoms with van der Waals surface area (Å²) in [6.45, 7) is 1.16. The number of thiazole rings is 1. The fourth-order valence-electron chi connectivity index (χ4n) is 2.31. The van der Waals surface area contributed by atoms with E-state index in [0.29, 0.717) is 10.7 Å². The minimum Gasteiger partial charge on any atom is -0.452 e. The van der Waals surface area contributed by atoms with Gasteiger partial charge in [0.1, 0.15) is 16.6 Å². The number of ether oxygens (including phenoxy) is 1. The van der Waals surface area contributed by atoms with Crippen LogP contribution in [0.4, 0.5) is 4.39 Å². The van der Waals surface area contributed by atoms with Gasteiger partial charge in [0.25, 0.3) is 0 Å². The van der Waals surface area contributed by atoms with Crippen LogP contribution in [0.15, 0.2) is 46.2 Å². The lowest BCUT2D eigenvalue weighted by Gasteiger charge is -2.05. The molecule has 1 aromatic carbocycles. The minimum absolute atomic E-state index is 0.166.